The van der Waals surface area contributed by atoms with Crippen molar-refractivity contribution in [3.8, 4) is 11.1 Å². The maximum atomic E-state index is 14.6. The third-order valence-electron chi connectivity index (χ3n) is 13.2. The van der Waals surface area contributed by atoms with Crippen molar-refractivity contribution in [3.05, 3.63) is 248 Å². The highest BCUT2D eigenvalue weighted by molar-refractivity contribution is 6.13. The van der Waals surface area contributed by atoms with Crippen molar-refractivity contribution in [2.45, 2.75) is 31.2 Å². The van der Waals surface area contributed by atoms with Crippen molar-refractivity contribution in [3.63, 3.8) is 0 Å². The van der Waals surface area contributed by atoms with Gasteiger partial charge in [-0.05, 0) is 106 Å². The average Bonchev–Trinajstić information content (AvgIpc) is 3.72. The highest BCUT2D eigenvalue weighted by atomic mass is 16.1. The van der Waals surface area contributed by atoms with Gasteiger partial charge in [-0.2, -0.15) is 0 Å². The number of rotatable bonds is 2. The summed E-state index contributed by atoms with van der Waals surface area (Å²) in [4.78, 5) is 14.6. The smallest absolute Gasteiger partial charge is 0.193 e. The molecule has 9 aromatic rings. The van der Waals surface area contributed by atoms with Gasteiger partial charge >= 0.3 is 0 Å². The number of ketones is 1. The van der Waals surface area contributed by atoms with Gasteiger partial charge in [0.15, 0.2) is 5.78 Å². The van der Waals surface area contributed by atoms with E-state index in [1.54, 1.807) is 0 Å². The van der Waals surface area contributed by atoms with Gasteiger partial charge in [-0.1, -0.05) is 163 Å². The molecule has 56 heavy (non-hydrogen) atoms. The number of benzene rings is 8. The van der Waals surface area contributed by atoms with E-state index in [0.717, 1.165) is 27.8 Å². The van der Waals surface area contributed by atoms with Crippen LogP contribution in [0.1, 0.15) is 77.1 Å². The quantitative estimate of drug-likeness (QED) is 0.175. The molecule has 0 N–H and O–H groups in total. The Morgan fingerprint density at radius 2 is 0.875 bits per heavy atom. The third kappa shape index (κ3) is 3.74. The molecule has 0 bridgehead atoms. The molecule has 0 unspecified atom stereocenters. The number of hydrogen-bond donors (Lipinski definition) is 0. The second-order valence-corrected chi connectivity index (χ2v) is 16.0. The molecular formula is C54H37NO. The Labute approximate surface area is 326 Å². The number of aromatic nitrogens is 1. The molecule has 8 aromatic carbocycles. The molecular weight excluding hydrogens is 679 g/mol. The zero-order valence-electron chi connectivity index (χ0n) is 31.3. The summed E-state index contributed by atoms with van der Waals surface area (Å²) in [6, 6.07) is 65.0. The average molecular weight is 716 g/mol. The first-order valence-electron chi connectivity index (χ1n) is 19.7. The zero-order valence-corrected chi connectivity index (χ0v) is 31.3. The van der Waals surface area contributed by atoms with Crippen molar-refractivity contribution in [2.75, 3.05) is 0 Å². The SMILES string of the molecule is Cc1ccc2c(c1)c1cc(C)ccc1n2C1(c2cccc3c2Cc2ccccc2C3=O)c2ccccc2C2(c3ccccc3-c3ccccc32)c2ccccc21. The van der Waals surface area contributed by atoms with Crippen LogP contribution in [0.25, 0.3) is 32.9 Å². The molecule has 2 heteroatoms. The van der Waals surface area contributed by atoms with Crippen LogP contribution < -0.4 is 0 Å². The molecule has 1 spiro atoms. The van der Waals surface area contributed by atoms with Crippen LogP contribution in [-0.2, 0) is 17.4 Å². The van der Waals surface area contributed by atoms with Gasteiger partial charge in [0.05, 0.1) is 16.4 Å². The van der Waals surface area contributed by atoms with Crippen molar-refractivity contribution in [1.29, 1.82) is 0 Å². The van der Waals surface area contributed by atoms with Crippen LogP contribution in [0.15, 0.2) is 176 Å². The molecule has 0 saturated carbocycles. The van der Waals surface area contributed by atoms with Crippen LogP contribution in [0.2, 0.25) is 0 Å². The predicted octanol–water partition coefficient (Wildman–Crippen LogP) is 12.1. The van der Waals surface area contributed by atoms with E-state index in [0.29, 0.717) is 6.42 Å². The van der Waals surface area contributed by atoms with Crippen molar-refractivity contribution in [2.24, 2.45) is 0 Å². The van der Waals surface area contributed by atoms with E-state index >= 15 is 0 Å². The molecule has 1 heterocycles. The summed E-state index contributed by atoms with van der Waals surface area (Å²) < 4.78 is 2.65. The van der Waals surface area contributed by atoms with Gasteiger partial charge in [-0.3, -0.25) is 4.79 Å². The molecule has 264 valence electrons. The molecule has 3 aliphatic rings. The lowest BCUT2D eigenvalue weighted by molar-refractivity contribution is 0.103. The van der Waals surface area contributed by atoms with Gasteiger partial charge in [0, 0.05) is 21.9 Å². The van der Waals surface area contributed by atoms with Crippen LogP contribution in [0.5, 0.6) is 0 Å². The Morgan fingerprint density at radius 3 is 1.45 bits per heavy atom. The van der Waals surface area contributed by atoms with E-state index in [4.69, 9.17) is 0 Å². The van der Waals surface area contributed by atoms with Gasteiger partial charge in [0.2, 0.25) is 0 Å². The molecule has 12 rings (SSSR count). The molecule has 0 aliphatic heterocycles. The van der Waals surface area contributed by atoms with Gasteiger partial charge < -0.3 is 4.57 Å². The molecule has 3 aliphatic carbocycles. The van der Waals surface area contributed by atoms with Gasteiger partial charge in [-0.25, -0.2) is 0 Å². The lowest BCUT2D eigenvalue weighted by Crippen LogP contribution is -2.48. The number of carbonyl (C=O) groups excluding carboxylic acids is 1. The summed E-state index contributed by atoms with van der Waals surface area (Å²) in [5.41, 5.74) is 18.5. The first-order valence-corrected chi connectivity index (χ1v) is 19.7. The second kappa shape index (κ2) is 11.1. The van der Waals surface area contributed by atoms with E-state index < -0.39 is 11.0 Å². The molecule has 0 atom stereocenters. The minimum Gasteiger partial charge on any atom is -0.322 e. The second-order valence-electron chi connectivity index (χ2n) is 16.0. The number of hydrogen-bond acceptors (Lipinski definition) is 1. The van der Waals surface area contributed by atoms with E-state index in [2.05, 4.69) is 182 Å². The summed E-state index contributed by atoms with van der Waals surface area (Å²) in [6.45, 7) is 4.38. The van der Waals surface area contributed by atoms with Crippen molar-refractivity contribution in [1.82, 2.24) is 4.57 Å². The Balaban J connectivity index is 1.33. The van der Waals surface area contributed by atoms with Crippen LogP contribution in [0.3, 0.4) is 0 Å². The highest BCUT2D eigenvalue weighted by Gasteiger charge is 2.58. The molecule has 0 radical (unpaired) electrons. The fourth-order valence-electron chi connectivity index (χ4n) is 11.2. The number of fused-ring (bicyclic) bond motifs is 14. The summed E-state index contributed by atoms with van der Waals surface area (Å²) in [5.74, 6) is 0.0971. The van der Waals surface area contributed by atoms with E-state index in [1.165, 1.54) is 77.4 Å². The van der Waals surface area contributed by atoms with Crippen LogP contribution in [0.4, 0.5) is 0 Å². The Morgan fingerprint density at radius 1 is 0.429 bits per heavy atom. The van der Waals surface area contributed by atoms with Crippen molar-refractivity contribution < 1.29 is 4.79 Å². The van der Waals surface area contributed by atoms with Crippen LogP contribution in [-0.4, -0.2) is 10.4 Å². The third-order valence-corrected chi connectivity index (χ3v) is 13.2. The standard InChI is InChI=1S/C54H37NO/c1-33-26-28-50-41(30-33)42-31-34(2)27-29-51(42)55(50)54(45-25-13-18-39-40(45)32-35-14-3-4-15-36(35)52(39)56)48-23-11-9-21-46(48)53(47-22-10-12-24-49(47)54)43-19-7-5-16-37(43)38-17-6-8-20-44(38)53/h3-31H,32H2,1-2H3. The van der Waals surface area contributed by atoms with Gasteiger partial charge in [-0.15, -0.1) is 0 Å². The summed E-state index contributed by atoms with van der Waals surface area (Å²) in [5, 5.41) is 2.47. The monoisotopic (exact) mass is 715 g/mol. The molecule has 0 fully saturated rings. The zero-order chi connectivity index (χ0) is 37.3. The number of nitrogens with zero attached hydrogens (tertiary/aromatic N) is 1. The molecule has 2 nitrogen and oxygen atoms in total. The van der Waals surface area contributed by atoms with E-state index in [9.17, 15) is 4.79 Å². The first kappa shape index (κ1) is 31.6. The Bertz CT molecular complexity index is 3020. The lowest BCUT2D eigenvalue weighted by atomic mass is 9.55. The van der Waals surface area contributed by atoms with Crippen molar-refractivity contribution >= 4 is 27.6 Å². The fourth-order valence-corrected chi connectivity index (χ4v) is 11.2. The first-order chi connectivity index (χ1) is 27.5. The summed E-state index contributed by atoms with van der Waals surface area (Å²) in [7, 11) is 0. The Hall–Kier alpha value is -6.77. The molecule has 0 saturated heterocycles. The van der Waals surface area contributed by atoms with E-state index in [1.807, 2.05) is 12.1 Å². The normalized spacial score (nSPS) is 15.2. The van der Waals surface area contributed by atoms with Crippen LogP contribution >= 0.6 is 0 Å². The van der Waals surface area contributed by atoms with Gasteiger partial charge in [0.25, 0.3) is 0 Å². The number of aryl methyl sites for hydroxylation is 2. The molecule has 1 aromatic heterocycles. The van der Waals surface area contributed by atoms with E-state index in [-0.39, 0.29) is 5.78 Å². The summed E-state index contributed by atoms with van der Waals surface area (Å²) >= 11 is 0. The van der Waals surface area contributed by atoms with Gasteiger partial charge in [0.1, 0.15) is 5.54 Å². The fraction of sp³-hybridized carbons (Fsp3) is 0.0926. The van der Waals surface area contributed by atoms with Crippen LogP contribution in [0, 0.1) is 13.8 Å². The summed E-state index contributed by atoms with van der Waals surface area (Å²) in [6.07, 6.45) is 0.672. The maximum Gasteiger partial charge on any atom is 0.193 e. The minimum absolute atomic E-state index is 0.0971. The topological polar surface area (TPSA) is 22.0 Å². The molecule has 0 amide bonds. The minimum atomic E-state index is -0.868. The largest absolute Gasteiger partial charge is 0.322 e. The lowest BCUT2D eigenvalue weighted by Gasteiger charge is -2.51. The maximum absolute atomic E-state index is 14.6. The number of carbonyl (C=O) groups is 1. The Kier molecular flexibility index (Phi) is 6.29. The predicted molar refractivity (Wildman–Crippen MR) is 227 cm³/mol. The highest BCUT2D eigenvalue weighted by Crippen LogP contribution is 2.64.